The van der Waals surface area contributed by atoms with Crippen molar-refractivity contribution in [2.24, 2.45) is 5.41 Å². The molecule has 22 heavy (non-hydrogen) atoms. The highest BCUT2D eigenvalue weighted by Gasteiger charge is 2.31. The fourth-order valence-electron chi connectivity index (χ4n) is 2.50. The van der Waals surface area contributed by atoms with E-state index in [0.717, 1.165) is 38.1 Å². The first-order valence-electron chi connectivity index (χ1n) is 6.96. The van der Waals surface area contributed by atoms with E-state index in [1.54, 1.807) is 0 Å². The van der Waals surface area contributed by atoms with E-state index in [1.165, 1.54) is 12.1 Å². The van der Waals surface area contributed by atoms with Gasteiger partial charge in [0.1, 0.15) is 0 Å². The van der Waals surface area contributed by atoms with Crippen molar-refractivity contribution < 1.29 is 18.0 Å². The van der Waals surface area contributed by atoms with E-state index in [0.29, 0.717) is 6.54 Å². The average molecular weight is 337 g/mol. The third-order valence-electron chi connectivity index (χ3n) is 3.81. The number of hydrogen-bond donors (Lipinski definition) is 2. The minimum Gasteiger partial charge on any atom is -0.351 e. The quantitative estimate of drug-likeness (QED) is 0.889. The molecule has 2 N–H and O–H groups in total. The lowest BCUT2D eigenvalue weighted by atomic mass is 9.83. The second kappa shape index (κ2) is 7.33. The zero-order valence-electron chi connectivity index (χ0n) is 12.3. The van der Waals surface area contributed by atoms with Gasteiger partial charge in [-0.05, 0) is 43.0 Å². The van der Waals surface area contributed by atoms with Gasteiger partial charge in [-0.2, -0.15) is 13.2 Å². The second-order valence-electron chi connectivity index (χ2n) is 5.85. The van der Waals surface area contributed by atoms with E-state index < -0.39 is 17.6 Å². The van der Waals surface area contributed by atoms with Crippen molar-refractivity contribution >= 4 is 18.3 Å². The van der Waals surface area contributed by atoms with Crippen LogP contribution in [-0.4, -0.2) is 25.5 Å². The molecular formula is C15H20ClF3N2O. The number of amides is 1. The van der Waals surface area contributed by atoms with Crippen molar-refractivity contribution in [2.45, 2.75) is 25.9 Å². The Hall–Kier alpha value is -1.27. The van der Waals surface area contributed by atoms with Crippen molar-refractivity contribution in [3.63, 3.8) is 0 Å². The van der Waals surface area contributed by atoms with E-state index >= 15 is 0 Å². The number of carbonyl (C=O) groups excluding carboxylic acids is 1. The van der Waals surface area contributed by atoms with Gasteiger partial charge in [-0.25, -0.2) is 0 Å². The third-order valence-corrected chi connectivity index (χ3v) is 3.81. The molecule has 1 aromatic rings. The summed E-state index contributed by atoms with van der Waals surface area (Å²) >= 11 is 0. The lowest BCUT2D eigenvalue weighted by Crippen LogP contribution is -2.45. The molecule has 0 bridgehead atoms. The van der Waals surface area contributed by atoms with Crippen molar-refractivity contribution in [1.29, 1.82) is 0 Å². The van der Waals surface area contributed by atoms with Crippen molar-refractivity contribution in [3.05, 3.63) is 35.4 Å². The second-order valence-corrected chi connectivity index (χ2v) is 5.85. The Balaban J connectivity index is 0.00000242. The lowest BCUT2D eigenvalue weighted by molar-refractivity contribution is -0.137. The van der Waals surface area contributed by atoms with Crippen LogP contribution in [0, 0.1) is 5.41 Å². The molecule has 0 aromatic heterocycles. The number of halogens is 4. The number of piperidine rings is 1. The largest absolute Gasteiger partial charge is 0.416 e. The number of alkyl halides is 3. The molecule has 1 aromatic carbocycles. The third kappa shape index (κ3) is 4.88. The van der Waals surface area contributed by atoms with Gasteiger partial charge in [0, 0.05) is 18.7 Å². The topological polar surface area (TPSA) is 41.1 Å². The summed E-state index contributed by atoms with van der Waals surface area (Å²) in [6.45, 7) is 4.29. The van der Waals surface area contributed by atoms with Gasteiger partial charge in [0.15, 0.2) is 0 Å². The summed E-state index contributed by atoms with van der Waals surface area (Å²) in [4.78, 5) is 12.0. The van der Waals surface area contributed by atoms with Crippen LogP contribution in [0.3, 0.4) is 0 Å². The van der Waals surface area contributed by atoms with Crippen LogP contribution >= 0.6 is 12.4 Å². The molecule has 0 spiro atoms. The first kappa shape index (κ1) is 18.8. The molecule has 1 unspecified atom stereocenters. The maximum absolute atomic E-state index is 12.6. The smallest absolute Gasteiger partial charge is 0.351 e. The van der Waals surface area contributed by atoms with Crippen molar-refractivity contribution in [3.8, 4) is 0 Å². The molecule has 1 atom stereocenters. The summed E-state index contributed by atoms with van der Waals surface area (Å²) in [5, 5.41) is 6.01. The normalized spacial score (nSPS) is 21.8. The van der Waals surface area contributed by atoms with E-state index in [9.17, 15) is 18.0 Å². The number of benzene rings is 1. The maximum atomic E-state index is 12.6. The summed E-state index contributed by atoms with van der Waals surface area (Å²) in [7, 11) is 0. The zero-order chi connectivity index (χ0) is 15.5. The highest BCUT2D eigenvalue weighted by atomic mass is 35.5. The van der Waals surface area contributed by atoms with Crippen LogP contribution in [0.4, 0.5) is 13.2 Å². The summed E-state index contributed by atoms with van der Waals surface area (Å²) in [6.07, 6.45) is -2.41. The predicted octanol–water partition coefficient (Wildman–Crippen LogP) is 3.25. The van der Waals surface area contributed by atoms with Crippen LogP contribution in [-0.2, 0) is 6.18 Å². The lowest BCUT2D eigenvalue weighted by Gasteiger charge is -2.34. The molecule has 1 heterocycles. The van der Waals surface area contributed by atoms with Crippen LogP contribution < -0.4 is 10.6 Å². The molecule has 1 aliphatic heterocycles. The maximum Gasteiger partial charge on any atom is 0.416 e. The highest BCUT2D eigenvalue weighted by molar-refractivity contribution is 5.94. The van der Waals surface area contributed by atoms with E-state index in [4.69, 9.17) is 0 Å². The Labute approximate surface area is 134 Å². The molecule has 124 valence electrons. The van der Waals surface area contributed by atoms with E-state index in [1.807, 2.05) is 0 Å². The molecule has 2 rings (SSSR count). The SMILES string of the molecule is CC1(CNC(=O)c2cccc(C(F)(F)F)c2)CCCNC1.Cl. The minimum absolute atomic E-state index is 0. The van der Waals surface area contributed by atoms with Crippen LogP contribution in [0.15, 0.2) is 24.3 Å². The number of rotatable bonds is 3. The summed E-state index contributed by atoms with van der Waals surface area (Å²) < 4.78 is 37.9. The van der Waals surface area contributed by atoms with E-state index in [-0.39, 0.29) is 23.4 Å². The summed E-state index contributed by atoms with van der Waals surface area (Å²) in [5.41, 5.74) is -0.812. The molecule has 1 amide bonds. The monoisotopic (exact) mass is 336 g/mol. The van der Waals surface area contributed by atoms with Gasteiger partial charge < -0.3 is 10.6 Å². The molecular weight excluding hydrogens is 317 g/mol. The number of nitrogens with one attached hydrogen (secondary N) is 2. The Kier molecular flexibility index (Phi) is 6.26. The van der Waals surface area contributed by atoms with Gasteiger partial charge in [0.05, 0.1) is 5.56 Å². The molecule has 7 heteroatoms. The summed E-state index contributed by atoms with van der Waals surface area (Å²) in [5.74, 6) is -0.465. The molecule has 0 aliphatic carbocycles. The number of hydrogen-bond acceptors (Lipinski definition) is 2. The van der Waals surface area contributed by atoms with Crippen molar-refractivity contribution in [2.75, 3.05) is 19.6 Å². The molecule has 3 nitrogen and oxygen atoms in total. The fourth-order valence-corrected chi connectivity index (χ4v) is 2.50. The molecule has 1 saturated heterocycles. The molecule has 1 fully saturated rings. The minimum atomic E-state index is -4.43. The van der Waals surface area contributed by atoms with Crippen LogP contribution in [0.25, 0.3) is 0 Å². The average Bonchev–Trinajstić information content (AvgIpc) is 2.45. The van der Waals surface area contributed by atoms with Crippen LogP contribution in [0.2, 0.25) is 0 Å². The first-order valence-corrected chi connectivity index (χ1v) is 6.96. The first-order chi connectivity index (χ1) is 9.80. The van der Waals surface area contributed by atoms with Gasteiger partial charge in [-0.15, -0.1) is 12.4 Å². The van der Waals surface area contributed by atoms with Gasteiger partial charge in [0.25, 0.3) is 5.91 Å². The van der Waals surface area contributed by atoms with Gasteiger partial charge >= 0.3 is 6.18 Å². The number of carbonyl (C=O) groups is 1. The molecule has 0 radical (unpaired) electrons. The Morgan fingerprint density at radius 2 is 2.14 bits per heavy atom. The Morgan fingerprint density at radius 1 is 1.41 bits per heavy atom. The summed E-state index contributed by atoms with van der Waals surface area (Å²) in [6, 6.07) is 4.49. The van der Waals surface area contributed by atoms with E-state index in [2.05, 4.69) is 17.6 Å². The highest BCUT2D eigenvalue weighted by Crippen LogP contribution is 2.29. The standard InChI is InChI=1S/C15H19F3N2O.ClH/c1-14(6-3-7-19-9-14)10-20-13(21)11-4-2-5-12(8-11)15(16,17)18;/h2,4-5,8,19H,3,6-7,9-10H2,1H3,(H,20,21);1H. The van der Waals surface area contributed by atoms with Crippen LogP contribution in [0.1, 0.15) is 35.7 Å². The zero-order valence-corrected chi connectivity index (χ0v) is 13.1. The fraction of sp³-hybridized carbons (Fsp3) is 0.533. The van der Waals surface area contributed by atoms with Gasteiger partial charge in [-0.1, -0.05) is 13.0 Å². The van der Waals surface area contributed by atoms with Gasteiger partial charge in [-0.3, -0.25) is 4.79 Å². The van der Waals surface area contributed by atoms with Crippen molar-refractivity contribution in [1.82, 2.24) is 10.6 Å². The van der Waals surface area contributed by atoms with Crippen LogP contribution in [0.5, 0.6) is 0 Å². The van der Waals surface area contributed by atoms with Gasteiger partial charge in [0.2, 0.25) is 0 Å². The Morgan fingerprint density at radius 3 is 2.73 bits per heavy atom. The molecule has 0 saturated carbocycles. The Bertz CT molecular complexity index is 514. The molecule has 1 aliphatic rings. The predicted molar refractivity (Wildman–Crippen MR) is 81.2 cm³/mol.